The minimum atomic E-state index is 0. The zero-order chi connectivity index (χ0) is 87.0. The molecule has 0 aliphatic heterocycles. The first-order valence-electron chi connectivity index (χ1n) is 41.7. The molecule has 0 bridgehead atoms. The fourth-order valence-electron chi connectivity index (χ4n) is 14.5. The minimum absolute atomic E-state index is 0. The van der Waals surface area contributed by atoms with Crippen LogP contribution in [-0.2, 0) is 80.4 Å². The van der Waals surface area contributed by atoms with E-state index in [9.17, 15) is 0 Å². The van der Waals surface area contributed by atoms with Crippen LogP contribution in [0.25, 0.3) is 178 Å². The fourth-order valence-corrected chi connectivity index (χ4v) is 14.5. The van der Waals surface area contributed by atoms with Crippen molar-refractivity contribution in [3.8, 4) is 90.1 Å². The van der Waals surface area contributed by atoms with Crippen molar-refractivity contribution in [3.63, 3.8) is 0 Å². The number of furan rings is 4. The van der Waals surface area contributed by atoms with Crippen LogP contribution in [0, 0.1) is 76.2 Å². The average molecular weight is 2420 g/mol. The fraction of sp³-hybridized carbons (Fsp3) is 0.0345. The van der Waals surface area contributed by atoms with Gasteiger partial charge in [0.1, 0.15) is 22.3 Å². The molecule has 0 N–H and O–H groups in total. The van der Waals surface area contributed by atoms with Crippen molar-refractivity contribution in [3.05, 3.63) is 484 Å². The summed E-state index contributed by atoms with van der Waals surface area (Å²) in [5, 5.41) is 8.97. The van der Waals surface area contributed by atoms with Crippen LogP contribution in [0.15, 0.2) is 431 Å². The maximum atomic E-state index is 6.14. The summed E-state index contributed by atoms with van der Waals surface area (Å²) in [6, 6.07) is 145. The molecule has 24 rings (SSSR count). The molecule has 652 valence electrons. The summed E-state index contributed by atoms with van der Waals surface area (Å²) in [6.07, 6.45) is 14.5. The molecule has 24 aromatic rings. The molecule has 4 radical (unpaired) electrons. The number of hydrogen-bond acceptors (Lipinski definition) is 12. The molecule has 0 saturated heterocycles. The predicted molar refractivity (Wildman–Crippen MR) is 516 cm³/mol. The second-order valence-electron chi connectivity index (χ2n) is 29.6. The molecule has 0 aliphatic rings. The molecule has 12 aromatic carbocycles. The van der Waals surface area contributed by atoms with E-state index in [4.69, 9.17) is 17.7 Å². The Labute approximate surface area is 820 Å². The Morgan fingerprint density at radius 2 is 0.477 bits per heavy atom. The summed E-state index contributed by atoms with van der Waals surface area (Å²) >= 11 is 0. The van der Waals surface area contributed by atoms with Gasteiger partial charge < -0.3 is 57.5 Å². The summed E-state index contributed by atoms with van der Waals surface area (Å²) in [7, 11) is 0. The van der Waals surface area contributed by atoms with Crippen LogP contribution < -0.4 is 0 Å². The van der Waals surface area contributed by atoms with E-state index in [1.807, 2.05) is 336 Å². The number of hydrogen-bond donors (Lipinski definition) is 0. The first-order valence-corrected chi connectivity index (χ1v) is 41.7. The molecule has 0 amide bonds. The maximum absolute atomic E-state index is 6.14. The summed E-state index contributed by atoms with van der Waals surface area (Å²) < 4.78 is 24.0. The third-order valence-electron chi connectivity index (χ3n) is 20.7. The molecule has 16 heteroatoms. The summed E-state index contributed by atoms with van der Waals surface area (Å²) in [4.78, 5) is 34.7. The molecule has 12 nitrogen and oxygen atoms in total. The third-order valence-corrected chi connectivity index (χ3v) is 20.7. The van der Waals surface area contributed by atoms with E-state index < -0.39 is 0 Å². The Morgan fingerprint density at radius 1 is 0.189 bits per heavy atom. The summed E-state index contributed by atoms with van der Waals surface area (Å²) in [5.74, 6) is 0. The third kappa shape index (κ3) is 23.4. The molecular weight excluding hydrogens is 2340 g/mol. The van der Waals surface area contributed by atoms with Crippen molar-refractivity contribution in [1.82, 2.24) is 39.9 Å². The average Bonchev–Trinajstić information content (AvgIpc) is 1.64. The second kappa shape index (κ2) is 47.3. The Morgan fingerprint density at radius 3 is 0.795 bits per heavy atom. The Bertz CT molecular complexity index is 7120. The van der Waals surface area contributed by atoms with Crippen molar-refractivity contribution < 1.29 is 98.1 Å². The number of pyridine rings is 8. The first kappa shape index (κ1) is 95.2. The zero-order valence-electron chi connectivity index (χ0n) is 71.8. The Kier molecular flexibility index (Phi) is 34.1. The molecule has 12 aromatic heterocycles. The van der Waals surface area contributed by atoms with Gasteiger partial charge in [-0.3, -0.25) is 0 Å². The molecule has 0 atom stereocenters. The van der Waals surface area contributed by atoms with E-state index >= 15 is 0 Å². The molecule has 132 heavy (non-hydrogen) atoms. The van der Waals surface area contributed by atoms with Crippen LogP contribution >= 0.6 is 0 Å². The quantitative estimate of drug-likeness (QED) is 0.133. The number of aryl methyl sites for hydroxylation is 4. The van der Waals surface area contributed by atoms with Crippen LogP contribution in [-0.4, -0.2) is 39.9 Å². The van der Waals surface area contributed by atoms with Gasteiger partial charge in [-0.05, 0) is 145 Å². The van der Waals surface area contributed by atoms with Gasteiger partial charge in [-0.2, -0.15) is 0 Å². The number of rotatable bonds is 8. The van der Waals surface area contributed by atoms with E-state index in [2.05, 4.69) is 163 Å². The second-order valence-corrected chi connectivity index (χ2v) is 29.6. The summed E-state index contributed by atoms with van der Waals surface area (Å²) in [6.45, 7) is 8.20. The van der Waals surface area contributed by atoms with Crippen molar-refractivity contribution in [2.75, 3.05) is 0 Å². The van der Waals surface area contributed by atoms with Crippen LogP contribution in [0.5, 0.6) is 0 Å². The van der Waals surface area contributed by atoms with Gasteiger partial charge in [0.25, 0.3) is 0 Å². The standard InChI is InChI=1S/C19H14NO.3C17H10NO.2C12H10N.2C11H8N.4Ir/c1-12-9-10-20-17(11-12)16-8-4-7-15-14-6-3-5-13(2)18(14)21-19(15)16;3*1-2-10-16-12(6-1)13-7-5-8-14(17(13)19-16)15-9-3-4-11-18-15;2*1-10-7-8-12(13-9-10)11-5-3-2-4-6-11;2*1-2-6-10(7-3-1)11-8-4-5-9-12-11;;;;/h3-7,9-11H,1-2H3;3*1-7,9-11H;2*2-5,7-9H,1H3;2*1-6,8-9H;;;;/q8*-1;;;;. The van der Waals surface area contributed by atoms with Gasteiger partial charge in [-0.15, -0.1) is 216 Å². The van der Waals surface area contributed by atoms with E-state index in [0.717, 1.165) is 183 Å². The molecule has 0 spiro atoms. The van der Waals surface area contributed by atoms with Crippen LogP contribution in [0.2, 0.25) is 0 Å². The molecule has 0 saturated carbocycles. The SMILES string of the molecule is Cc1ccc(-c2[c-]cccc2)nc1.Cc1ccc(-c2[c-]cccc2)nc1.Cc1ccnc(-c2[c-]ccc3c2oc2c(C)cccc23)c1.[Ir].[Ir].[Ir].[Ir].[c-]1ccc2c(oc3ccccc32)c1-c1ccccn1.[c-]1ccc2c(oc3ccccc32)c1-c1ccccn1.[c-]1ccc2c(oc3ccccc32)c1-c1ccccn1.[c-]1ccccc1-c1ccccn1.[c-]1ccccc1-c1ccccn1. The van der Waals surface area contributed by atoms with Crippen molar-refractivity contribution in [2.45, 2.75) is 27.7 Å². The Balaban J connectivity index is 0.000000129. The van der Waals surface area contributed by atoms with Gasteiger partial charge in [0.2, 0.25) is 0 Å². The van der Waals surface area contributed by atoms with E-state index in [0.29, 0.717) is 0 Å². The van der Waals surface area contributed by atoms with Crippen molar-refractivity contribution in [2.24, 2.45) is 0 Å². The molecule has 0 unspecified atom stereocenters. The minimum Gasteiger partial charge on any atom is -0.501 e. The zero-order valence-corrected chi connectivity index (χ0v) is 81.4. The van der Waals surface area contributed by atoms with Crippen LogP contribution in [0.4, 0.5) is 0 Å². The largest absolute Gasteiger partial charge is 0.501 e. The first-order chi connectivity index (χ1) is 63.2. The van der Waals surface area contributed by atoms with Gasteiger partial charge in [0.15, 0.2) is 0 Å². The number of aromatic nitrogens is 8. The van der Waals surface area contributed by atoms with Crippen LogP contribution in [0.1, 0.15) is 22.3 Å². The number of benzene rings is 12. The topological polar surface area (TPSA) is 156 Å². The monoisotopic (exact) mass is 2420 g/mol. The van der Waals surface area contributed by atoms with Gasteiger partial charge in [-0.1, -0.05) is 213 Å². The smallest absolute Gasteiger partial charge is 0.123 e. The van der Waals surface area contributed by atoms with Crippen molar-refractivity contribution >= 4 is 87.8 Å². The number of fused-ring (bicyclic) bond motifs is 12. The maximum Gasteiger partial charge on any atom is 0.123 e. The molecule has 0 fully saturated rings. The normalized spacial score (nSPS) is 10.3. The predicted octanol–water partition coefficient (Wildman–Crippen LogP) is 29.2. The number of nitrogens with zero attached hydrogens (tertiary/aromatic N) is 8. The van der Waals surface area contributed by atoms with Gasteiger partial charge in [0, 0.05) is 152 Å². The summed E-state index contributed by atoms with van der Waals surface area (Å²) in [5.41, 5.74) is 27.0. The number of para-hydroxylation sites is 4. The van der Waals surface area contributed by atoms with Crippen LogP contribution in [0.3, 0.4) is 0 Å². The van der Waals surface area contributed by atoms with Gasteiger partial charge >= 0.3 is 0 Å². The van der Waals surface area contributed by atoms with Crippen molar-refractivity contribution in [1.29, 1.82) is 0 Å². The van der Waals surface area contributed by atoms with Gasteiger partial charge in [0.05, 0.1) is 22.3 Å². The molecule has 12 heterocycles. The van der Waals surface area contributed by atoms with Gasteiger partial charge in [-0.25, -0.2) is 0 Å². The van der Waals surface area contributed by atoms with E-state index in [1.54, 1.807) is 31.0 Å². The molecular formula is C116H80Ir4N8O4-8. The van der Waals surface area contributed by atoms with E-state index in [1.165, 1.54) is 16.7 Å². The van der Waals surface area contributed by atoms with E-state index in [-0.39, 0.29) is 80.4 Å². The Hall–Kier alpha value is -14.4. The molecule has 0 aliphatic carbocycles.